The van der Waals surface area contributed by atoms with Crippen LogP contribution in [0.15, 0.2) is 77.0 Å². The highest BCUT2D eigenvalue weighted by Crippen LogP contribution is 2.41. The Labute approximate surface area is 236 Å². The van der Waals surface area contributed by atoms with Gasteiger partial charge in [-0.3, -0.25) is 4.55 Å². The van der Waals surface area contributed by atoms with Crippen molar-refractivity contribution in [1.29, 1.82) is 0 Å². The number of nitrogens with zero attached hydrogens (tertiary/aromatic N) is 2. The van der Waals surface area contributed by atoms with Crippen molar-refractivity contribution in [3.63, 3.8) is 0 Å². The predicted molar refractivity (Wildman–Crippen MR) is 149 cm³/mol. The summed E-state index contributed by atoms with van der Waals surface area (Å²) in [6.45, 7) is 0.360. The van der Waals surface area contributed by atoms with Crippen LogP contribution in [0.5, 0.6) is 5.75 Å². The first kappa shape index (κ1) is 28.1. The average Bonchev–Trinajstić information content (AvgIpc) is 3.40. The molecule has 0 spiro atoms. The molecule has 10 nitrogen and oxygen atoms in total. The molecule has 1 aliphatic rings. The minimum atomic E-state index is -4.41. The van der Waals surface area contributed by atoms with Crippen LogP contribution in [-0.4, -0.2) is 44.0 Å². The minimum Gasteiger partial charge on any atom is -0.748 e. The number of rotatable bonds is 10. The summed E-state index contributed by atoms with van der Waals surface area (Å²) in [5, 5.41) is 0.447. The maximum Gasteiger partial charge on any atom is 0.379 e. The molecule has 0 saturated heterocycles. The van der Waals surface area contributed by atoms with Gasteiger partial charge in [0.15, 0.2) is 12.3 Å². The zero-order valence-electron chi connectivity index (χ0n) is 21.1. The summed E-state index contributed by atoms with van der Waals surface area (Å²) < 4.78 is 79.7. The van der Waals surface area contributed by atoms with Crippen molar-refractivity contribution in [1.82, 2.24) is 0 Å². The fraction of sp³-hybridized carbons (Fsp3) is 0.222. The van der Waals surface area contributed by atoms with Crippen molar-refractivity contribution in [2.75, 3.05) is 23.0 Å². The topological polar surface area (TPSA) is 141 Å². The smallest absolute Gasteiger partial charge is 0.379 e. The number of benzene rings is 3. The second-order valence-corrected chi connectivity index (χ2v) is 12.8. The average molecular weight is 605 g/mol. The van der Waals surface area contributed by atoms with Gasteiger partial charge in [-0.15, -0.1) is 0 Å². The summed E-state index contributed by atoms with van der Waals surface area (Å²) in [5.41, 5.74) is 3.76. The van der Waals surface area contributed by atoms with Gasteiger partial charge in [-0.25, -0.2) is 8.42 Å². The SMILES string of the molecule is O=S(=O)([O-])CCCN1/C(=C/c2oc3ccc(-c4ccccc4)cc3[n+]2CCCS(=O)(=O)O)Oc2ccc(Cl)cc21. The number of halogens is 1. The summed E-state index contributed by atoms with van der Waals surface area (Å²) >= 11 is 6.20. The number of oxazole rings is 1. The van der Waals surface area contributed by atoms with E-state index in [1.165, 1.54) is 0 Å². The van der Waals surface area contributed by atoms with E-state index in [4.69, 9.17) is 20.8 Å². The van der Waals surface area contributed by atoms with Gasteiger partial charge in [0.1, 0.15) is 6.08 Å². The Morgan fingerprint density at radius 1 is 0.950 bits per heavy atom. The van der Waals surface area contributed by atoms with Crippen LogP contribution in [0.1, 0.15) is 18.7 Å². The zero-order valence-corrected chi connectivity index (χ0v) is 23.5. The number of hydrogen-bond acceptors (Lipinski definition) is 8. The van der Waals surface area contributed by atoms with Crippen molar-refractivity contribution < 1.29 is 39.7 Å². The molecule has 1 aromatic heterocycles. The molecule has 13 heteroatoms. The van der Waals surface area contributed by atoms with Crippen LogP contribution >= 0.6 is 11.6 Å². The molecule has 0 saturated carbocycles. The van der Waals surface area contributed by atoms with Crippen molar-refractivity contribution in [3.05, 3.63) is 83.5 Å². The maximum atomic E-state index is 11.4. The molecule has 210 valence electrons. The fourth-order valence-corrected chi connectivity index (χ4v) is 5.71. The Bertz CT molecular complexity index is 1800. The first-order valence-electron chi connectivity index (χ1n) is 12.3. The van der Waals surface area contributed by atoms with Crippen molar-refractivity contribution in [2.45, 2.75) is 19.4 Å². The second kappa shape index (κ2) is 11.2. The van der Waals surface area contributed by atoms with Gasteiger partial charge in [0, 0.05) is 29.8 Å². The van der Waals surface area contributed by atoms with Crippen LogP contribution in [0, 0.1) is 0 Å². The summed E-state index contributed by atoms with van der Waals surface area (Å²) in [6.07, 6.45) is 1.79. The molecule has 5 rings (SSSR count). The lowest BCUT2D eigenvalue weighted by atomic mass is 10.1. The van der Waals surface area contributed by atoms with Gasteiger partial charge in [-0.1, -0.05) is 48.0 Å². The third-order valence-electron chi connectivity index (χ3n) is 6.34. The molecule has 0 atom stereocenters. The minimum absolute atomic E-state index is 0.0490. The van der Waals surface area contributed by atoms with E-state index >= 15 is 0 Å². The van der Waals surface area contributed by atoms with Crippen molar-refractivity contribution in [2.24, 2.45) is 0 Å². The Morgan fingerprint density at radius 3 is 2.45 bits per heavy atom. The molecule has 0 bridgehead atoms. The van der Waals surface area contributed by atoms with Crippen LogP contribution in [0.3, 0.4) is 0 Å². The van der Waals surface area contributed by atoms with Crippen LogP contribution < -0.4 is 14.2 Å². The summed E-state index contributed by atoms with van der Waals surface area (Å²) in [7, 11) is -8.57. The molecule has 0 unspecified atom stereocenters. The Kier molecular flexibility index (Phi) is 7.89. The number of fused-ring (bicyclic) bond motifs is 2. The van der Waals surface area contributed by atoms with Crippen molar-refractivity contribution in [3.8, 4) is 16.9 Å². The van der Waals surface area contributed by atoms with Gasteiger partial charge in [0.2, 0.25) is 11.5 Å². The van der Waals surface area contributed by atoms with E-state index in [1.807, 2.05) is 48.5 Å². The van der Waals surface area contributed by atoms with E-state index in [-0.39, 0.29) is 25.9 Å². The molecule has 40 heavy (non-hydrogen) atoms. The Hall–Kier alpha value is -3.42. The van der Waals surface area contributed by atoms with Crippen LogP contribution in [-0.2, 0) is 26.8 Å². The quantitative estimate of drug-likeness (QED) is 0.205. The maximum absolute atomic E-state index is 11.4. The molecule has 1 N–H and O–H groups in total. The third kappa shape index (κ3) is 6.65. The molecule has 3 aromatic carbocycles. The van der Waals surface area contributed by atoms with E-state index in [2.05, 4.69) is 0 Å². The highest BCUT2D eigenvalue weighted by Gasteiger charge is 2.30. The van der Waals surface area contributed by atoms with E-state index in [1.54, 1.807) is 33.7 Å². The molecule has 0 fully saturated rings. The third-order valence-corrected chi connectivity index (χ3v) is 8.17. The van der Waals surface area contributed by atoms with Gasteiger partial charge in [0.05, 0.1) is 21.6 Å². The number of hydrogen-bond donors (Lipinski definition) is 1. The first-order chi connectivity index (χ1) is 19.0. The second-order valence-electron chi connectivity index (χ2n) is 9.24. The molecule has 4 aromatic rings. The number of ether oxygens (including phenoxy) is 1. The Balaban J connectivity index is 1.57. The highest BCUT2D eigenvalue weighted by atomic mass is 35.5. The monoisotopic (exact) mass is 604 g/mol. The molecular formula is C27H25ClN2O8S2. The van der Waals surface area contributed by atoms with Crippen LogP contribution in [0.2, 0.25) is 5.02 Å². The molecule has 0 radical (unpaired) electrons. The van der Waals surface area contributed by atoms with Crippen LogP contribution in [0.4, 0.5) is 5.69 Å². The largest absolute Gasteiger partial charge is 0.748 e. The standard InChI is InChI=1S/C27H25ClN2O8S2/c28-21-9-11-25-23(17-21)30(13-5-15-40(34,35)36)27(38-25)18-26-29(12-4-14-39(31,32)33)22-16-20(8-10-24(22)37-26)19-6-2-1-3-7-19/h1-3,6-11,16-18H,4-5,12-15H2,(H-,31,32,33,34,35,36). The van der Waals surface area contributed by atoms with Gasteiger partial charge < -0.3 is 18.6 Å². The van der Waals surface area contributed by atoms with E-state index in [0.717, 1.165) is 11.1 Å². The van der Waals surface area contributed by atoms with Gasteiger partial charge >= 0.3 is 5.89 Å². The van der Waals surface area contributed by atoms with E-state index < -0.39 is 31.7 Å². The molecule has 0 amide bonds. The summed E-state index contributed by atoms with van der Waals surface area (Å²) in [5.74, 6) is 0.158. The summed E-state index contributed by atoms with van der Waals surface area (Å²) in [4.78, 5) is 1.71. The van der Waals surface area contributed by atoms with E-state index in [9.17, 15) is 25.9 Å². The lowest BCUT2D eigenvalue weighted by Gasteiger charge is -2.18. The predicted octanol–water partition coefficient (Wildman–Crippen LogP) is 4.45. The molecule has 1 aliphatic heterocycles. The highest BCUT2D eigenvalue weighted by molar-refractivity contribution is 7.85. The summed E-state index contributed by atoms with van der Waals surface area (Å²) in [6, 6.07) is 20.4. The van der Waals surface area contributed by atoms with Crippen molar-refractivity contribution >= 4 is 54.7 Å². The van der Waals surface area contributed by atoms with Gasteiger partial charge in [-0.05, 0) is 41.8 Å². The lowest BCUT2D eigenvalue weighted by molar-refractivity contribution is -0.677. The number of aryl methyl sites for hydroxylation is 1. The molecular weight excluding hydrogens is 580 g/mol. The number of anilines is 1. The van der Waals surface area contributed by atoms with Crippen LogP contribution in [0.25, 0.3) is 28.3 Å². The Morgan fingerprint density at radius 2 is 1.73 bits per heavy atom. The zero-order chi connectivity index (χ0) is 28.5. The fourth-order valence-electron chi connectivity index (χ4n) is 4.57. The van der Waals surface area contributed by atoms with E-state index in [0.29, 0.717) is 39.3 Å². The number of aromatic nitrogens is 1. The first-order valence-corrected chi connectivity index (χ1v) is 15.9. The normalized spacial score (nSPS) is 14.6. The molecule has 0 aliphatic carbocycles. The molecule has 2 heterocycles. The lowest BCUT2D eigenvalue weighted by Crippen LogP contribution is -2.36. The van der Waals surface area contributed by atoms with Gasteiger partial charge in [-0.2, -0.15) is 13.0 Å². The van der Waals surface area contributed by atoms with Gasteiger partial charge in [0.25, 0.3) is 15.6 Å².